The van der Waals surface area contributed by atoms with Crippen LogP contribution in [0.1, 0.15) is 52.5 Å². The number of hydrogen-bond acceptors (Lipinski definition) is 6. The van der Waals surface area contributed by atoms with Gasteiger partial charge >= 0.3 is 18.0 Å². The van der Waals surface area contributed by atoms with Gasteiger partial charge in [-0.2, -0.15) is 0 Å². The molecule has 0 aliphatic heterocycles. The maximum atomic E-state index is 14.0. The number of nitrogens with two attached hydrogens (primary N) is 1. The lowest BCUT2D eigenvalue weighted by atomic mass is 9.88. The molecule has 7 rings (SSSR count). The van der Waals surface area contributed by atoms with Gasteiger partial charge in [-0.1, -0.05) is 127 Å². The van der Waals surface area contributed by atoms with Crippen LogP contribution < -0.4 is 11.1 Å². The second-order valence-electron chi connectivity index (χ2n) is 12.7. The summed E-state index contributed by atoms with van der Waals surface area (Å²) in [5.41, 5.74) is 13.6. The molecule has 0 spiro atoms. The van der Waals surface area contributed by atoms with Crippen LogP contribution in [0.5, 0.6) is 0 Å². The molecule has 246 valence electrons. The Hall–Kier alpha value is -5.73. The van der Waals surface area contributed by atoms with Crippen LogP contribution in [-0.4, -0.2) is 41.5 Å². The molecule has 0 radical (unpaired) electrons. The Balaban J connectivity index is 1.17. The number of carbonyl (C=O) groups excluding carboxylic acids is 2. The van der Waals surface area contributed by atoms with Crippen LogP contribution in [0.4, 0.5) is 4.79 Å². The average molecular weight is 653 g/mol. The van der Waals surface area contributed by atoms with Crippen molar-refractivity contribution in [1.29, 1.82) is 0 Å². The molecule has 0 saturated heterocycles. The van der Waals surface area contributed by atoms with E-state index in [4.69, 9.17) is 15.2 Å². The number of hydrogen-bond donors (Lipinski definition) is 3. The van der Waals surface area contributed by atoms with Gasteiger partial charge in [0, 0.05) is 5.92 Å². The summed E-state index contributed by atoms with van der Waals surface area (Å²) < 4.78 is 12.0. The number of carboxylic acid groups (broad SMARTS) is 1. The maximum Gasteiger partial charge on any atom is 0.410 e. The second-order valence-corrected chi connectivity index (χ2v) is 12.7. The highest BCUT2D eigenvalue weighted by Crippen LogP contribution is 2.47. The first-order valence-corrected chi connectivity index (χ1v) is 16.4. The SMILES string of the molecule is N[C@@](CCc1ccccc1)(CC(=O)O)C(=O)O[C@@H](NC(=O)OCC1c2ccccc2-c2ccccc21)C1c2ccccc2-c2ccccc21. The molecular formula is C41H36N2O6. The fourth-order valence-electron chi connectivity index (χ4n) is 7.23. The molecule has 1 amide bonds. The van der Waals surface area contributed by atoms with Crippen LogP contribution in [0.3, 0.4) is 0 Å². The molecule has 49 heavy (non-hydrogen) atoms. The van der Waals surface area contributed by atoms with Crippen molar-refractivity contribution in [2.45, 2.75) is 42.9 Å². The number of nitrogens with one attached hydrogen (secondary N) is 1. The van der Waals surface area contributed by atoms with Gasteiger partial charge in [-0.05, 0) is 62.9 Å². The Labute approximate surface area is 284 Å². The third-order valence-electron chi connectivity index (χ3n) is 9.60. The zero-order valence-electron chi connectivity index (χ0n) is 26.8. The van der Waals surface area contributed by atoms with E-state index in [1.54, 1.807) is 0 Å². The van der Waals surface area contributed by atoms with Gasteiger partial charge in [0.15, 0.2) is 6.23 Å². The van der Waals surface area contributed by atoms with Crippen LogP contribution >= 0.6 is 0 Å². The van der Waals surface area contributed by atoms with E-state index >= 15 is 0 Å². The zero-order chi connectivity index (χ0) is 34.0. The van der Waals surface area contributed by atoms with E-state index in [1.807, 2.05) is 115 Å². The lowest BCUT2D eigenvalue weighted by Crippen LogP contribution is -2.54. The molecule has 0 bridgehead atoms. The minimum absolute atomic E-state index is 0.0254. The standard InChI is InChI=1S/C41H36N2O6/c42-41(24-36(44)45,23-22-26-12-2-1-3-13-26)39(46)49-38(37-33-20-10-8-16-29(33)30-17-9-11-21-34(30)37)43-40(47)48-25-35-31-18-6-4-14-27(31)28-15-5-7-19-32(28)35/h1-21,35,37-38H,22-25,42H2,(H,43,47)(H,44,45)/t38-,41+/m1/s1. The molecule has 4 N–H and O–H groups in total. The molecule has 0 fully saturated rings. The monoisotopic (exact) mass is 652 g/mol. The van der Waals surface area contributed by atoms with Gasteiger partial charge < -0.3 is 20.3 Å². The predicted octanol–water partition coefficient (Wildman–Crippen LogP) is 7.01. The molecule has 8 nitrogen and oxygen atoms in total. The van der Waals surface area contributed by atoms with Crippen LogP contribution in [0, 0.1) is 0 Å². The predicted molar refractivity (Wildman–Crippen MR) is 186 cm³/mol. The Kier molecular flexibility index (Phi) is 8.72. The van der Waals surface area contributed by atoms with Crippen LogP contribution in [0.25, 0.3) is 22.3 Å². The van der Waals surface area contributed by atoms with E-state index < -0.39 is 42.1 Å². The van der Waals surface area contributed by atoms with Gasteiger partial charge in [0.05, 0.1) is 12.3 Å². The van der Waals surface area contributed by atoms with Gasteiger partial charge in [-0.15, -0.1) is 0 Å². The summed E-state index contributed by atoms with van der Waals surface area (Å²) in [6.45, 7) is 0.0648. The number of aryl methyl sites for hydroxylation is 1. The minimum Gasteiger partial charge on any atom is -0.481 e. The molecule has 0 aromatic heterocycles. The molecular weight excluding hydrogens is 616 g/mol. The van der Waals surface area contributed by atoms with Crippen molar-refractivity contribution in [2.24, 2.45) is 5.73 Å². The summed E-state index contributed by atoms with van der Waals surface area (Å²) >= 11 is 0. The molecule has 8 heteroatoms. The average Bonchev–Trinajstić information content (AvgIpc) is 3.62. The largest absolute Gasteiger partial charge is 0.481 e. The highest BCUT2D eigenvalue weighted by Gasteiger charge is 2.43. The number of fused-ring (bicyclic) bond motifs is 6. The van der Waals surface area contributed by atoms with Gasteiger partial charge in [0.2, 0.25) is 0 Å². The summed E-state index contributed by atoms with van der Waals surface area (Å²) in [6, 6.07) is 41.0. The van der Waals surface area contributed by atoms with E-state index in [0.29, 0.717) is 6.42 Å². The molecule has 2 atom stereocenters. The first kappa shape index (κ1) is 31.8. The summed E-state index contributed by atoms with van der Waals surface area (Å²) in [5, 5.41) is 12.6. The van der Waals surface area contributed by atoms with Crippen LogP contribution in [0.2, 0.25) is 0 Å². The van der Waals surface area contributed by atoms with E-state index in [1.165, 1.54) is 0 Å². The molecule has 5 aromatic carbocycles. The van der Waals surface area contributed by atoms with Crippen molar-refractivity contribution in [1.82, 2.24) is 5.32 Å². The summed E-state index contributed by atoms with van der Waals surface area (Å²) in [4.78, 5) is 39.7. The van der Waals surface area contributed by atoms with E-state index in [2.05, 4.69) is 17.4 Å². The molecule has 0 unspecified atom stereocenters. The minimum atomic E-state index is -1.86. The maximum absolute atomic E-state index is 14.0. The smallest absolute Gasteiger partial charge is 0.410 e. The summed E-state index contributed by atoms with van der Waals surface area (Å²) in [7, 11) is 0. The van der Waals surface area contributed by atoms with Gasteiger partial charge in [-0.25, -0.2) is 9.59 Å². The Morgan fingerprint density at radius 1 is 0.694 bits per heavy atom. The highest BCUT2D eigenvalue weighted by atomic mass is 16.6. The normalized spacial score (nSPS) is 14.8. The van der Waals surface area contributed by atoms with Crippen molar-refractivity contribution in [3.05, 3.63) is 155 Å². The number of carbonyl (C=O) groups is 3. The van der Waals surface area contributed by atoms with Crippen molar-refractivity contribution in [3.63, 3.8) is 0 Å². The Bertz CT molecular complexity index is 1940. The van der Waals surface area contributed by atoms with Crippen molar-refractivity contribution in [2.75, 3.05) is 6.61 Å². The summed E-state index contributed by atoms with van der Waals surface area (Å²) in [5.74, 6) is -2.92. The number of alkyl carbamates (subject to hydrolysis) is 1. The molecule has 0 heterocycles. The Morgan fingerprint density at radius 3 is 1.69 bits per heavy atom. The fourth-order valence-corrected chi connectivity index (χ4v) is 7.23. The van der Waals surface area contributed by atoms with Crippen molar-refractivity contribution >= 4 is 18.0 Å². The van der Waals surface area contributed by atoms with Gasteiger partial charge in [-0.3, -0.25) is 10.1 Å². The van der Waals surface area contributed by atoms with Gasteiger partial charge in [0.25, 0.3) is 0 Å². The number of carboxylic acids is 1. The zero-order valence-corrected chi connectivity index (χ0v) is 26.8. The van der Waals surface area contributed by atoms with Crippen LogP contribution in [-0.2, 0) is 25.5 Å². The number of aliphatic carboxylic acids is 1. The molecule has 5 aromatic rings. The first-order valence-electron chi connectivity index (χ1n) is 16.4. The van der Waals surface area contributed by atoms with Gasteiger partial charge in [0.1, 0.15) is 12.1 Å². The number of ether oxygens (including phenoxy) is 2. The molecule has 2 aliphatic carbocycles. The topological polar surface area (TPSA) is 128 Å². The van der Waals surface area contributed by atoms with E-state index in [0.717, 1.165) is 50.1 Å². The van der Waals surface area contributed by atoms with Crippen LogP contribution in [0.15, 0.2) is 127 Å². The number of rotatable bonds is 11. The third-order valence-corrected chi connectivity index (χ3v) is 9.60. The second kappa shape index (κ2) is 13.4. The third kappa shape index (κ3) is 6.30. The van der Waals surface area contributed by atoms with E-state index in [-0.39, 0.29) is 18.9 Å². The van der Waals surface area contributed by atoms with Crippen molar-refractivity contribution < 1.29 is 29.0 Å². The highest BCUT2D eigenvalue weighted by molar-refractivity contribution is 5.87. The molecule has 2 aliphatic rings. The fraction of sp³-hybridized carbons (Fsp3) is 0.195. The summed E-state index contributed by atoms with van der Waals surface area (Å²) in [6.07, 6.45) is -2.28. The van der Waals surface area contributed by atoms with E-state index in [9.17, 15) is 19.5 Å². The number of amides is 1. The lowest BCUT2D eigenvalue weighted by molar-refractivity contribution is -0.161. The van der Waals surface area contributed by atoms with Crippen molar-refractivity contribution in [3.8, 4) is 22.3 Å². The Morgan fingerprint density at radius 2 is 1.16 bits per heavy atom. The lowest BCUT2D eigenvalue weighted by Gasteiger charge is -2.32. The molecule has 0 saturated carbocycles. The quantitative estimate of drug-likeness (QED) is 0.103. The first-order chi connectivity index (χ1) is 23.8. The number of esters is 1. The number of benzene rings is 5.